The lowest BCUT2D eigenvalue weighted by atomic mass is 10.1. The van der Waals surface area contributed by atoms with Gasteiger partial charge in [-0.2, -0.15) is 0 Å². The van der Waals surface area contributed by atoms with Crippen LogP contribution in [0.25, 0.3) is 10.1 Å². The van der Waals surface area contributed by atoms with Crippen molar-refractivity contribution in [1.29, 1.82) is 0 Å². The summed E-state index contributed by atoms with van der Waals surface area (Å²) in [5, 5.41) is 16.4. The predicted molar refractivity (Wildman–Crippen MR) is 87.6 cm³/mol. The topological polar surface area (TPSA) is 72.2 Å². The van der Waals surface area contributed by atoms with Crippen molar-refractivity contribution in [3.8, 4) is 0 Å². The van der Waals surface area contributed by atoms with E-state index in [9.17, 15) is 14.9 Å². The number of nitrogens with one attached hydrogen (secondary N) is 1. The van der Waals surface area contributed by atoms with Gasteiger partial charge >= 0.3 is 0 Å². The molecule has 2 aromatic carbocycles. The minimum absolute atomic E-state index is 0.104. The molecule has 6 heteroatoms. The van der Waals surface area contributed by atoms with E-state index < -0.39 is 4.92 Å². The fourth-order valence-corrected chi connectivity index (χ4v) is 3.18. The van der Waals surface area contributed by atoms with Gasteiger partial charge in [0, 0.05) is 21.5 Å². The van der Waals surface area contributed by atoms with Gasteiger partial charge in [-0.05, 0) is 24.6 Å². The maximum absolute atomic E-state index is 12.4. The van der Waals surface area contributed by atoms with Gasteiger partial charge in [0.15, 0.2) is 0 Å². The van der Waals surface area contributed by atoms with Gasteiger partial charge in [-0.1, -0.05) is 24.3 Å². The molecule has 0 aliphatic rings. The molecular weight excluding hydrogens is 300 g/mol. The summed E-state index contributed by atoms with van der Waals surface area (Å²) in [5.41, 5.74) is 1.39. The van der Waals surface area contributed by atoms with Crippen LogP contribution in [0.2, 0.25) is 0 Å². The molecule has 0 aliphatic heterocycles. The Labute approximate surface area is 130 Å². The molecule has 1 N–H and O–H groups in total. The largest absolute Gasteiger partial charge is 0.316 e. The minimum Gasteiger partial charge on any atom is -0.316 e. The molecule has 0 spiro atoms. The summed E-state index contributed by atoms with van der Waals surface area (Å²) in [6, 6.07) is 12.3. The van der Waals surface area contributed by atoms with E-state index in [2.05, 4.69) is 5.32 Å². The van der Waals surface area contributed by atoms with Crippen LogP contribution in [0.1, 0.15) is 15.9 Å². The van der Waals surface area contributed by atoms with Crippen LogP contribution in [0.5, 0.6) is 0 Å². The number of thiophene rings is 1. The van der Waals surface area contributed by atoms with Crippen LogP contribution in [0.15, 0.2) is 47.8 Å². The molecule has 0 radical (unpaired) electrons. The summed E-state index contributed by atoms with van der Waals surface area (Å²) >= 11 is 1.47. The maximum Gasteiger partial charge on any atom is 0.293 e. The second-order valence-electron chi connectivity index (χ2n) is 4.88. The Balaban J connectivity index is 1.97. The summed E-state index contributed by atoms with van der Waals surface area (Å²) < 4.78 is 1.01. The zero-order valence-electron chi connectivity index (χ0n) is 11.7. The molecule has 110 valence electrons. The first-order valence-electron chi connectivity index (χ1n) is 6.59. The fourth-order valence-electron chi connectivity index (χ4n) is 2.24. The minimum atomic E-state index is -0.492. The van der Waals surface area contributed by atoms with Crippen molar-refractivity contribution in [3.63, 3.8) is 0 Å². The first kappa shape index (κ1) is 14.2. The third-order valence-corrected chi connectivity index (χ3v) is 4.29. The van der Waals surface area contributed by atoms with Crippen LogP contribution >= 0.6 is 11.3 Å². The number of nitro groups is 1. The van der Waals surface area contributed by atoms with E-state index in [0.717, 1.165) is 15.6 Å². The number of carbonyl (C=O) groups is 1. The fraction of sp³-hybridized carbons (Fsp3) is 0.0625. The van der Waals surface area contributed by atoms with Crippen LogP contribution in [0.3, 0.4) is 0 Å². The highest BCUT2D eigenvalue weighted by Crippen LogP contribution is 2.29. The van der Waals surface area contributed by atoms with E-state index >= 15 is 0 Å². The highest BCUT2D eigenvalue weighted by molar-refractivity contribution is 7.17. The number of aryl methyl sites for hydroxylation is 1. The zero-order chi connectivity index (χ0) is 15.7. The Morgan fingerprint density at radius 1 is 1.23 bits per heavy atom. The van der Waals surface area contributed by atoms with Gasteiger partial charge < -0.3 is 5.32 Å². The van der Waals surface area contributed by atoms with Crippen molar-refractivity contribution in [1.82, 2.24) is 0 Å². The molecule has 0 saturated heterocycles. The van der Waals surface area contributed by atoms with Gasteiger partial charge in [0.1, 0.15) is 5.69 Å². The van der Waals surface area contributed by atoms with Crippen LogP contribution in [-0.2, 0) is 0 Å². The molecule has 5 nitrogen and oxygen atoms in total. The summed E-state index contributed by atoms with van der Waals surface area (Å²) in [6.45, 7) is 1.77. The molecule has 0 unspecified atom stereocenters. The molecule has 0 atom stereocenters. The Morgan fingerprint density at radius 3 is 2.77 bits per heavy atom. The third kappa shape index (κ3) is 2.56. The van der Waals surface area contributed by atoms with Crippen molar-refractivity contribution in [2.45, 2.75) is 6.92 Å². The van der Waals surface area contributed by atoms with Gasteiger partial charge in [0.05, 0.1) is 10.5 Å². The van der Waals surface area contributed by atoms with E-state index in [0.29, 0.717) is 5.56 Å². The number of amides is 1. The number of benzene rings is 2. The lowest BCUT2D eigenvalue weighted by molar-refractivity contribution is -0.384. The number of hydrogen-bond donors (Lipinski definition) is 1. The number of nitrogens with zero attached hydrogens (tertiary/aromatic N) is 1. The van der Waals surface area contributed by atoms with Gasteiger partial charge in [-0.15, -0.1) is 11.3 Å². The SMILES string of the molecule is Cc1ccc(NC(=O)c2csc3ccccc23)c([N+](=O)[O-])c1. The second-order valence-corrected chi connectivity index (χ2v) is 5.79. The number of nitro benzene ring substituents is 1. The van der Waals surface area contributed by atoms with Gasteiger partial charge in [-0.25, -0.2) is 0 Å². The van der Waals surface area contributed by atoms with Crippen LogP contribution < -0.4 is 5.32 Å². The molecule has 0 fully saturated rings. The standard InChI is InChI=1S/C16H12N2O3S/c1-10-6-7-13(14(8-10)18(20)21)17-16(19)12-9-22-15-5-3-2-4-11(12)15/h2-9H,1H3,(H,17,19). The number of rotatable bonds is 3. The van der Waals surface area contributed by atoms with Crippen molar-refractivity contribution in [2.75, 3.05) is 5.32 Å². The summed E-state index contributed by atoms with van der Waals surface area (Å²) in [6.07, 6.45) is 0. The van der Waals surface area contributed by atoms with E-state index in [1.54, 1.807) is 24.4 Å². The van der Waals surface area contributed by atoms with E-state index in [4.69, 9.17) is 0 Å². The lowest BCUT2D eigenvalue weighted by Crippen LogP contribution is -2.12. The van der Waals surface area contributed by atoms with Gasteiger partial charge in [-0.3, -0.25) is 14.9 Å². The Bertz CT molecular complexity index is 886. The van der Waals surface area contributed by atoms with Gasteiger partial charge in [0.2, 0.25) is 0 Å². The summed E-state index contributed by atoms with van der Waals surface area (Å²) in [7, 11) is 0. The smallest absolute Gasteiger partial charge is 0.293 e. The maximum atomic E-state index is 12.4. The normalized spacial score (nSPS) is 10.6. The highest BCUT2D eigenvalue weighted by Gasteiger charge is 2.18. The van der Waals surface area contributed by atoms with Crippen LogP contribution in [0, 0.1) is 17.0 Å². The molecule has 0 saturated carbocycles. The van der Waals surface area contributed by atoms with E-state index in [1.165, 1.54) is 17.4 Å². The molecule has 3 aromatic rings. The number of anilines is 1. The van der Waals surface area contributed by atoms with Crippen LogP contribution in [0.4, 0.5) is 11.4 Å². The van der Waals surface area contributed by atoms with Crippen LogP contribution in [-0.4, -0.2) is 10.8 Å². The summed E-state index contributed by atoms with van der Waals surface area (Å²) in [4.78, 5) is 23.0. The number of fused-ring (bicyclic) bond motifs is 1. The average molecular weight is 312 g/mol. The predicted octanol–water partition coefficient (Wildman–Crippen LogP) is 4.37. The van der Waals surface area contributed by atoms with E-state index in [1.807, 2.05) is 24.3 Å². The van der Waals surface area contributed by atoms with Crippen molar-refractivity contribution in [2.24, 2.45) is 0 Å². The number of hydrogen-bond acceptors (Lipinski definition) is 4. The van der Waals surface area contributed by atoms with Gasteiger partial charge in [0.25, 0.3) is 11.6 Å². The van der Waals surface area contributed by atoms with Crippen molar-refractivity contribution in [3.05, 3.63) is 69.1 Å². The first-order valence-corrected chi connectivity index (χ1v) is 7.47. The van der Waals surface area contributed by atoms with E-state index in [-0.39, 0.29) is 17.3 Å². The highest BCUT2D eigenvalue weighted by atomic mass is 32.1. The molecule has 1 aromatic heterocycles. The quantitative estimate of drug-likeness (QED) is 0.576. The first-order chi connectivity index (χ1) is 10.6. The zero-order valence-corrected chi connectivity index (χ0v) is 12.5. The molecule has 22 heavy (non-hydrogen) atoms. The molecule has 0 bridgehead atoms. The lowest BCUT2D eigenvalue weighted by Gasteiger charge is -2.06. The Hall–Kier alpha value is -2.73. The third-order valence-electron chi connectivity index (χ3n) is 3.32. The monoisotopic (exact) mass is 312 g/mol. The molecule has 0 aliphatic carbocycles. The average Bonchev–Trinajstić information content (AvgIpc) is 2.93. The molecule has 1 heterocycles. The summed E-state index contributed by atoms with van der Waals surface area (Å²) in [5.74, 6) is -0.343. The molecule has 3 rings (SSSR count). The Kier molecular flexibility index (Phi) is 3.60. The molecular formula is C16H12N2O3S. The van der Waals surface area contributed by atoms with Crippen molar-refractivity contribution >= 4 is 38.7 Å². The van der Waals surface area contributed by atoms with Crippen molar-refractivity contribution < 1.29 is 9.72 Å². The second kappa shape index (κ2) is 5.57. The Morgan fingerprint density at radius 2 is 2.00 bits per heavy atom. The number of carbonyl (C=O) groups excluding carboxylic acids is 1. The molecule has 1 amide bonds.